The molecule has 1 aliphatic carbocycles. The van der Waals surface area contributed by atoms with E-state index in [-0.39, 0.29) is 35.9 Å². The highest BCUT2D eigenvalue weighted by molar-refractivity contribution is 6.25. The van der Waals surface area contributed by atoms with Crippen molar-refractivity contribution in [3.05, 3.63) is 47.3 Å². The van der Waals surface area contributed by atoms with Crippen molar-refractivity contribution < 1.29 is 33.5 Å². The van der Waals surface area contributed by atoms with Crippen LogP contribution in [0.25, 0.3) is 0 Å². The van der Waals surface area contributed by atoms with Gasteiger partial charge in [-0.1, -0.05) is 6.07 Å². The molecular formula is C32H39N7O7. The molecule has 4 heterocycles. The number of likely N-dealkylation sites (tertiary alicyclic amines) is 1. The first-order valence-electron chi connectivity index (χ1n) is 15.8. The van der Waals surface area contributed by atoms with Crippen LogP contribution >= 0.6 is 0 Å². The maximum absolute atomic E-state index is 13.5. The second kappa shape index (κ2) is 11.9. The monoisotopic (exact) mass is 633 g/mol. The van der Waals surface area contributed by atoms with E-state index in [4.69, 9.17) is 4.74 Å². The van der Waals surface area contributed by atoms with Gasteiger partial charge in [-0.05, 0) is 71.4 Å². The molecule has 1 aromatic heterocycles. The van der Waals surface area contributed by atoms with E-state index in [1.54, 1.807) is 45.2 Å². The molecule has 3 fully saturated rings. The molecule has 0 bridgehead atoms. The largest absolute Gasteiger partial charge is 0.444 e. The van der Waals surface area contributed by atoms with Gasteiger partial charge in [0.2, 0.25) is 17.7 Å². The molecule has 0 spiro atoms. The molecule has 3 aliphatic heterocycles. The van der Waals surface area contributed by atoms with E-state index in [1.165, 1.54) is 0 Å². The molecule has 3 N–H and O–H groups in total. The van der Waals surface area contributed by atoms with Crippen LogP contribution in [-0.4, -0.2) is 85.5 Å². The van der Waals surface area contributed by atoms with Gasteiger partial charge in [0.25, 0.3) is 11.8 Å². The van der Waals surface area contributed by atoms with E-state index in [9.17, 15) is 28.8 Å². The number of rotatable bonds is 7. The zero-order valence-corrected chi connectivity index (χ0v) is 26.3. The number of imide groups is 2. The molecule has 2 saturated heterocycles. The third-order valence-electron chi connectivity index (χ3n) is 9.09. The smallest absolute Gasteiger partial charge is 0.408 e. The number of fused-ring (bicyclic) bond motifs is 1. The fourth-order valence-corrected chi connectivity index (χ4v) is 6.59. The van der Waals surface area contributed by atoms with Gasteiger partial charge in [-0.2, -0.15) is 5.10 Å². The molecule has 244 valence electrons. The van der Waals surface area contributed by atoms with Crippen molar-refractivity contribution in [2.24, 2.45) is 0 Å². The van der Waals surface area contributed by atoms with E-state index in [0.29, 0.717) is 51.0 Å². The molecule has 0 radical (unpaired) electrons. The van der Waals surface area contributed by atoms with Crippen molar-refractivity contribution >= 4 is 41.3 Å². The van der Waals surface area contributed by atoms with Crippen LogP contribution in [0.2, 0.25) is 0 Å². The summed E-state index contributed by atoms with van der Waals surface area (Å²) in [6, 6.07) is 4.01. The number of aromatic nitrogens is 2. The van der Waals surface area contributed by atoms with Gasteiger partial charge < -0.3 is 20.3 Å². The third-order valence-corrected chi connectivity index (χ3v) is 9.09. The maximum atomic E-state index is 13.5. The summed E-state index contributed by atoms with van der Waals surface area (Å²) in [6.07, 6.45) is 6.73. The molecule has 6 rings (SSSR count). The molecular weight excluding hydrogens is 594 g/mol. The van der Waals surface area contributed by atoms with Gasteiger partial charge in [-0.15, -0.1) is 0 Å². The lowest BCUT2D eigenvalue weighted by Crippen LogP contribution is -2.64. The van der Waals surface area contributed by atoms with Crippen LogP contribution in [0.3, 0.4) is 0 Å². The predicted octanol–water partition coefficient (Wildman–Crippen LogP) is 2.51. The lowest BCUT2D eigenvalue weighted by molar-refractivity contribution is -0.143. The highest BCUT2D eigenvalue weighted by Gasteiger charge is 2.49. The van der Waals surface area contributed by atoms with Crippen molar-refractivity contribution in [3.8, 4) is 0 Å². The fourth-order valence-electron chi connectivity index (χ4n) is 6.59. The molecule has 4 aliphatic rings. The number of benzene rings is 1. The van der Waals surface area contributed by atoms with E-state index in [1.807, 2.05) is 15.8 Å². The van der Waals surface area contributed by atoms with Crippen molar-refractivity contribution in [1.82, 2.24) is 30.2 Å². The Morgan fingerprint density at radius 3 is 2.46 bits per heavy atom. The Bertz CT molecular complexity index is 1600. The first-order chi connectivity index (χ1) is 21.8. The Morgan fingerprint density at radius 2 is 1.80 bits per heavy atom. The van der Waals surface area contributed by atoms with Gasteiger partial charge >= 0.3 is 6.09 Å². The zero-order chi connectivity index (χ0) is 32.8. The number of piperidine rings is 2. The molecule has 1 saturated carbocycles. The molecule has 1 unspecified atom stereocenters. The lowest BCUT2D eigenvalue weighted by atomic mass is 9.75. The number of carbonyl (C=O) groups is 6. The van der Waals surface area contributed by atoms with Crippen LogP contribution < -0.4 is 16.0 Å². The van der Waals surface area contributed by atoms with Crippen LogP contribution in [0, 0.1) is 0 Å². The molecule has 14 heteroatoms. The third kappa shape index (κ3) is 5.95. The standard InChI is InChI=1S/C32H39N7O7/c1-31(2,3)46-30(45)36-32(12-5-13-32)29(44)37-14-10-20(11-15-37)38-18-19(17-34-38)16-33-22-7-4-6-21-25(22)28(43)39(27(21)42)23-8-9-24(40)35-26(23)41/h4,6-7,17-18,20,23,33H,5,8-16H2,1-3H3,(H,36,45)(H,35,40,41). The van der Waals surface area contributed by atoms with E-state index in [0.717, 1.165) is 16.9 Å². The van der Waals surface area contributed by atoms with Crippen LogP contribution in [0.4, 0.5) is 10.5 Å². The Kier molecular flexibility index (Phi) is 8.07. The minimum atomic E-state index is -1.03. The number of ether oxygens (including phenoxy) is 1. The van der Waals surface area contributed by atoms with E-state index < -0.39 is 46.9 Å². The zero-order valence-electron chi connectivity index (χ0n) is 26.3. The SMILES string of the molecule is CC(C)(C)OC(=O)NC1(C(=O)N2CCC(n3cc(CNc4cccc5c4C(=O)N(C4CCC(=O)NC4=O)C5=O)cn3)CC2)CCC1. The second-order valence-corrected chi connectivity index (χ2v) is 13.4. The second-order valence-electron chi connectivity index (χ2n) is 13.4. The number of hydrogen-bond donors (Lipinski definition) is 3. The van der Waals surface area contributed by atoms with Gasteiger partial charge in [0.15, 0.2) is 0 Å². The topological polar surface area (TPSA) is 172 Å². The summed E-state index contributed by atoms with van der Waals surface area (Å²) in [6.45, 7) is 6.80. The summed E-state index contributed by atoms with van der Waals surface area (Å²) in [5.74, 6) is -2.26. The summed E-state index contributed by atoms with van der Waals surface area (Å²) < 4.78 is 7.30. The van der Waals surface area contributed by atoms with Crippen LogP contribution in [0.5, 0.6) is 0 Å². The number of anilines is 1. The van der Waals surface area contributed by atoms with Crippen molar-refractivity contribution in [3.63, 3.8) is 0 Å². The average molecular weight is 634 g/mol. The Hall–Kier alpha value is -4.75. The van der Waals surface area contributed by atoms with Gasteiger partial charge in [0.05, 0.1) is 23.4 Å². The number of nitrogens with one attached hydrogen (secondary N) is 3. The first kappa shape index (κ1) is 31.2. The van der Waals surface area contributed by atoms with Crippen LogP contribution in [0.15, 0.2) is 30.6 Å². The molecule has 14 nitrogen and oxygen atoms in total. The summed E-state index contributed by atoms with van der Waals surface area (Å²) in [5.41, 5.74) is 0.196. The highest BCUT2D eigenvalue weighted by atomic mass is 16.6. The van der Waals surface area contributed by atoms with E-state index >= 15 is 0 Å². The van der Waals surface area contributed by atoms with Gasteiger partial charge in [0, 0.05) is 43.5 Å². The molecule has 2 aromatic rings. The number of nitrogens with zero attached hydrogens (tertiary/aromatic N) is 4. The Labute approximate surface area is 266 Å². The van der Waals surface area contributed by atoms with Gasteiger partial charge in [-0.3, -0.25) is 38.9 Å². The average Bonchev–Trinajstić information content (AvgIpc) is 3.56. The summed E-state index contributed by atoms with van der Waals surface area (Å²) in [4.78, 5) is 79.2. The van der Waals surface area contributed by atoms with Crippen molar-refractivity contribution in [1.29, 1.82) is 0 Å². The molecule has 1 aromatic carbocycles. The lowest BCUT2D eigenvalue weighted by Gasteiger charge is -2.45. The van der Waals surface area contributed by atoms with Gasteiger partial charge in [-0.25, -0.2) is 4.79 Å². The fraction of sp³-hybridized carbons (Fsp3) is 0.531. The normalized spacial score (nSPS) is 21.4. The van der Waals surface area contributed by atoms with Crippen LogP contribution in [0.1, 0.15) is 98.0 Å². The van der Waals surface area contributed by atoms with Gasteiger partial charge in [0.1, 0.15) is 17.2 Å². The number of alkyl carbamates (subject to hydrolysis) is 1. The molecule has 6 amide bonds. The number of amides is 6. The Balaban J connectivity index is 1.05. The maximum Gasteiger partial charge on any atom is 0.408 e. The quantitative estimate of drug-likeness (QED) is 0.388. The summed E-state index contributed by atoms with van der Waals surface area (Å²) in [5, 5.41) is 12.9. The number of carbonyl (C=O) groups excluding carboxylic acids is 6. The van der Waals surface area contributed by atoms with Crippen LogP contribution in [-0.2, 0) is 25.7 Å². The summed E-state index contributed by atoms with van der Waals surface area (Å²) in [7, 11) is 0. The minimum Gasteiger partial charge on any atom is -0.444 e. The minimum absolute atomic E-state index is 0.0559. The Morgan fingerprint density at radius 1 is 1.07 bits per heavy atom. The highest BCUT2D eigenvalue weighted by Crippen LogP contribution is 2.36. The van der Waals surface area contributed by atoms with E-state index in [2.05, 4.69) is 21.0 Å². The summed E-state index contributed by atoms with van der Waals surface area (Å²) >= 11 is 0. The molecule has 1 atom stereocenters. The first-order valence-corrected chi connectivity index (χ1v) is 15.8. The molecule has 46 heavy (non-hydrogen) atoms. The predicted molar refractivity (Wildman–Crippen MR) is 163 cm³/mol. The van der Waals surface area contributed by atoms with Crippen molar-refractivity contribution in [2.45, 2.75) is 95.5 Å². The van der Waals surface area contributed by atoms with Crippen molar-refractivity contribution in [2.75, 3.05) is 18.4 Å². The number of hydrogen-bond acceptors (Lipinski definition) is 9.